The Morgan fingerprint density at radius 3 is 2.12 bits per heavy atom. The van der Waals surface area contributed by atoms with Crippen LogP contribution in [0.5, 0.6) is 11.5 Å². The fraction of sp³-hybridized carbons (Fsp3) is 0.176. The van der Waals surface area contributed by atoms with Gasteiger partial charge in [0.25, 0.3) is 5.69 Å². The van der Waals surface area contributed by atoms with Gasteiger partial charge in [0.15, 0.2) is 0 Å². The van der Waals surface area contributed by atoms with Gasteiger partial charge in [-0.3, -0.25) is 19.7 Å². The monoisotopic (exact) mass is 359 g/mol. The number of benzene rings is 2. The number of ether oxygens (including phenoxy) is 2. The number of nitro benzene ring substituents is 1. The number of nitrogens with zero attached hydrogens (tertiary/aromatic N) is 1. The lowest BCUT2D eigenvalue weighted by atomic mass is 10.2. The van der Waals surface area contributed by atoms with Crippen molar-refractivity contribution in [3.05, 3.63) is 52.1 Å². The third-order valence-corrected chi connectivity index (χ3v) is 3.45. The predicted octanol–water partition coefficient (Wildman–Crippen LogP) is 2.50. The second-order valence-corrected chi connectivity index (χ2v) is 5.25. The second kappa shape index (κ2) is 7.97. The van der Waals surface area contributed by atoms with Gasteiger partial charge >= 0.3 is 11.8 Å². The van der Waals surface area contributed by atoms with Crippen LogP contribution in [0.4, 0.5) is 17.1 Å². The minimum Gasteiger partial charge on any atom is -0.495 e. The molecular formula is C17H17N3O6. The van der Waals surface area contributed by atoms with E-state index in [1.165, 1.54) is 26.4 Å². The predicted molar refractivity (Wildman–Crippen MR) is 94.6 cm³/mol. The van der Waals surface area contributed by atoms with Crippen LogP contribution < -0.4 is 20.1 Å². The highest BCUT2D eigenvalue weighted by molar-refractivity contribution is 6.44. The largest absolute Gasteiger partial charge is 0.495 e. The number of aryl methyl sites for hydroxylation is 1. The lowest BCUT2D eigenvalue weighted by Gasteiger charge is -2.12. The molecule has 0 radical (unpaired) electrons. The van der Waals surface area contributed by atoms with E-state index in [1.54, 1.807) is 18.2 Å². The lowest BCUT2D eigenvalue weighted by Crippen LogP contribution is -2.29. The molecule has 0 saturated heterocycles. The van der Waals surface area contributed by atoms with Crippen molar-refractivity contribution < 1.29 is 24.0 Å². The van der Waals surface area contributed by atoms with Crippen molar-refractivity contribution in [3.8, 4) is 11.5 Å². The van der Waals surface area contributed by atoms with Gasteiger partial charge in [0.2, 0.25) is 0 Å². The van der Waals surface area contributed by atoms with Gasteiger partial charge in [-0.15, -0.1) is 0 Å². The van der Waals surface area contributed by atoms with E-state index in [9.17, 15) is 19.7 Å². The number of hydrogen-bond donors (Lipinski definition) is 2. The highest BCUT2D eigenvalue weighted by Crippen LogP contribution is 2.29. The SMILES string of the molecule is COc1ccc(C)cc1NC(=O)C(=O)Nc1ccc([N+](=O)[O-])cc1OC. The van der Waals surface area contributed by atoms with E-state index < -0.39 is 16.7 Å². The smallest absolute Gasteiger partial charge is 0.314 e. The standard InChI is InChI=1S/C17H17N3O6/c1-10-4-7-14(25-2)13(8-10)19-17(22)16(21)18-12-6-5-11(20(23)24)9-15(12)26-3/h4-9H,1-3H3,(H,18,21)(H,19,22). The molecule has 2 rings (SSSR count). The topological polar surface area (TPSA) is 120 Å². The van der Waals surface area contributed by atoms with Crippen molar-refractivity contribution in [2.75, 3.05) is 24.9 Å². The van der Waals surface area contributed by atoms with Crippen LogP contribution in [0.3, 0.4) is 0 Å². The first-order chi connectivity index (χ1) is 12.3. The van der Waals surface area contributed by atoms with Crippen LogP contribution >= 0.6 is 0 Å². The Balaban J connectivity index is 2.16. The van der Waals surface area contributed by atoms with E-state index >= 15 is 0 Å². The zero-order valence-corrected chi connectivity index (χ0v) is 14.4. The third-order valence-electron chi connectivity index (χ3n) is 3.45. The highest BCUT2D eigenvalue weighted by Gasteiger charge is 2.19. The summed E-state index contributed by atoms with van der Waals surface area (Å²) in [5, 5.41) is 15.6. The summed E-state index contributed by atoms with van der Waals surface area (Å²) in [6.07, 6.45) is 0. The normalized spacial score (nSPS) is 9.96. The average molecular weight is 359 g/mol. The molecule has 2 aromatic carbocycles. The number of methoxy groups -OCH3 is 2. The van der Waals surface area contributed by atoms with Crippen LogP contribution in [-0.4, -0.2) is 31.0 Å². The molecule has 2 N–H and O–H groups in total. The number of anilines is 2. The van der Waals surface area contributed by atoms with Crippen molar-refractivity contribution in [1.29, 1.82) is 0 Å². The molecule has 2 amide bonds. The Morgan fingerprint density at radius 2 is 1.54 bits per heavy atom. The number of carbonyl (C=O) groups is 2. The number of non-ortho nitro benzene ring substituents is 1. The molecule has 0 spiro atoms. The number of carbonyl (C=O) groups excluding carboxylic acids is 2. The third kappa shape index (κ3) is 4.26. The molecule has 9 nitrogen and oxygen atoms in total. The minimum absolute atomic E-state index is 0.0634. The molecule has 0 aliphatic carbocycles. The van der Waals surface area contributed by atoms with E-state index in [0.29, 0.717) is 11.4 Å². The van der Waals surface area contributed by atoms with E-state index in [2.05, 4.69) is 10.6 Å². The number of rotatable bonds is 5. The quantitative estimate of drug-likeness (QED) is 0.481. The number of hydrogen-bond acceptors (Lipinski definition) is 6. The zero-order chi connectivity index (χ0) is 19.3. The van der Waals surface area contributed by atoms with Crippen LogP contribution in [0, 0.1) is 17.0 Å². The molecule has 2 aromatic rings. The van der Waals surface area contributed by atoms with E-state index in [1.807, 2.05) is 6.92 Å². The molecule has 0 bridgehead atoms. The second-order valence-electron chi connectivity index (χ2n) is 5.25. The van der Waals surface area contributed by atoms with E-state index in [0.717, 1.165) is 11.6 Å². The van der Waals surface area contributed by atoms with E-state index in [4.69, 9.17) is 9.47 Å². The Bertz CT molecular complexity index is 866. The lowest BCUT2D eigenvalue weighted by molar-refractivity contribution is -0.384. The molecule has 136 valence electrons. The fourth-order valence-corrected chi connectivity index (χ4v) is 2.17. The maximum Gasteiger partial charge on any atom is 0.314 e. The van der Waals surface area contributed by atoms with Gasteiger partial charge in [0.05, 0.1) is 36.6 Å². The van der Waals surface area contributed by atoms with Gasteiger partial charge in [-0.2, -0.15) is 0 Å². The van der Waals surface area contributed by atoms with Crippen LogP contribution in [0.2, 0.25) is 0 Å². The van der Waals surface area contributed by atoms with Crippen LogP contribution in [0.15, 0.2) is 36.4 Å². The zero-order valence-electron chi connectivity index (χ0n) is 14.4. The molecule has 26 heavy (non-hydrogen) atoms. The summed E-state index contributed by atoms with van der Waals surface area (Å²) < 4.78 is 10.2. The maximum atomic E-state index is 12.1. The molecular weight excluding hydrogens is 342 g/mol. The van der Waals surface area contributed by atoms with Crippen molar-refractivity contribution in [1.82, 2.24) is 0 Å². The number of amides is 2. The highest BCUT2D eigenvalue weighted by atomic mass is 16.6. The first kappa shape index (κ1) is 18.7. The summed E-state index contributed by atoms with van der Waals surface area (Å²) in [6, 6.07) is 8.76. The van der Waals surface area contributed by atoms with E-state index in [-0.39, 0.29) is 17.1 Å². The summed E-state index contributed by atoms with van der Waals surface area (Å²) in [5.41, 5.74) is 1.16. The molecule has 0 heterocycles. The van der Waals surface area contributed by atoms with Crippen LogP contribution in [0.25, 0.3) is 0 Å². The molecule has 9 heteroatoms. The summed E-state index contributed by atoms with van der Waals surface area (Å²) in [7, 11) is 2.74. The average Bonchev–Trinajstić information content (AvgIpc) is 2.61. The Kier molecular flexibility index (Phi) is 5.74. The number of nitrogens with one attached hydrogen (secondary N) is 2. The van der Waals surface area contributed by atoms with Crippen LogP contribution in [0.1, 0.15) is 5.56 Å². The molecule has 0 unspecified atom stereocenters. The first-order valence-electron chi connectivity index (χ1n) is 7.45. The molecule has 0 atom stereocenters. The van der Waals surface area contributed by atoms with Gasteiger partial charge < -0.3 is 20.1 Å². The summed E-state index contributed by atoms with van der Waals surface area (Å²) >= 11 is 0. The van der Waals surface area contributed by atoms with Gasteiger partial charge in [-0.1, -0.05) is 6.07 Å². The van der Waals surface area contributed by atoms with Crippen molar-refractivity contribution in [3.63, 3.8) is 0 Å². The fourth-order valence-electron chi connectivity index (χ4n) is 2.17. The van der Waals surface area contributed by atoms with Crippen molar-refractivity contribution >= 4 is 28.9 Å². The van der Waals surface area contributed by atoms with Gasteiger partial charge in [-0.05, 0) is 30.7 Å². The van der Waals surface area contributed by atoms with Gasteiger partial charge in [-0.25, -0.2) is 0 Å². The summed E-state index contributed by atoms with van der Waals surface area (Å²) in [4.78, 5) is 34.5. The first-order valence-corrected chi connectivity index (χ1v) is 7.45. The van der Waals surface area contributed by atoms with Crippen LogP contribution in [-0.2, 0) is 9.59 Å². The Labute approximate surface area is 149 Å². The van der Waals surface area contributed by atoms with Crippen molar-refractivity contribution in [2.45, 2.75) is 6.92 Å². The van der Waals surface area contributed by atoms with Gasteiger partial charge in [0.1, 0.15) is 11.5 Å². The molecule has 0 aliphatic heterocycles. The Hall–Kier alpha value is -3.62. The maximum absolute atomic E-state index is 12.1. The molecule has 0 aromatic heterocycles. The minimum atomic E-state index is -0.958. The Morgan fingerprint density at radius 1 is 0.923 bits per heavy atom. The summed E-state index contributed by atoms with van der Waals surface area (Å²) in [6.45, 7) is 1.83. The number of nitro groups is 1. The molecule has 0 fully saturated rings. The van der Waals surface area contributed by atoms with Crippen molar-refractivity contribution in [2.24, 2.45) is 0 Å². The molecule has 0 aliphatic rings. The summed E-state index contributed by atoms with van der Waals surface area (Å²) in [5.74, 6) is -1.41. The van der Waals surface area contributed by atoms with Gasteiger partial charge in [0, 0.05) is 6.07 Å². The molecule has 0 saturated carbocycles.